The molecule has 1 aromatic heterocycles. The first kappa shape index (κ1) is 5.41. The molecule has 1 heterocycles. The van der Waals surface area contributed by atoms with Crippen molar-refractivity contribution in [3.8, 4) is 0 Å². The number of rotatable bonds is 1. The highest BCUT2D eigenvalue weighted by molar-refractivity contribution is 6.08. The molecule has 0 bridgehead atoms. The van der Waals surface area contributed by atoms with Crippen molar-refractivity contribution in [2.24, 2.45) is 0 Å². The van der Waals surface area contributed by atoms with Gasteiger partial charge in [-0.1, -0.05) is 5.16 Å². The van der Waals surface area contributed by atoms with Crippen LogP contribution in [0.4, 0.5) is 0 Å². The van der Waals surface area contributed by atoms with Gasteiger partial charge >= 0.3 is 0 Å². The highest BCUT2D eigenvalue weighted by atomic mass is 16.5. The number of hydrogen-bond donors (Lipinski definition) is 0. The van der Waals surface area contributed by atoms with Gasteiger partial charge in [-0.2, -0.15) is 0 Å². The molecule has 0 amide bonds. The Labute approximate surface area is 49.3 Å². The van der Waals surface area contributed by atoms with Crippen LogP contribution >= 0.6 is 0 Å². The molecule has 2 nitrogen and oxygen atoms in total. The van der Waals surface area contributed by atoms with Crippen LogP contribution in [0, 0.1) is 6.92 Å². The quantitative estimate of drug-likeness (QED) is 0.492. The Morgan fingerprint density at radius 2 is 2.62 bits per heavy atom. The monoisotopic (exact) mass is 107 g/mol. The predicted molar refractivity (Wildman–Crippen MR) is 30.7 cm³/mol. The van der Waals surface area contributed by atoms with Crippen molar-refractivity contribution in [2.75, 3.05) is 0 Å². The van der Waals surface area contributed by atoms with E-state index in [-0.39, 0.29) is 0 Å². The zero-order valence-electron chi connectivity index (χ0n) is 4.72. The first-order valence-electron chi connectivity index (χ1n) is 2.45. The molecule has 0 aliphatic heterocycles. The summed E-state index contributed by atoms with van der Waals surface area (Å²) in [6.45, 7) is 1.84. The lowest BCUT2D eigenvalue weighted by Crippen LogP contribution is -1.79. The molecule has 40 valence electrons. The van der Waals surface area contributed by atoms with Crippen molar-refractivity contribution in [3.63, 3.8) is 0 Å². The molecule has 1 aromatic rings. The molecule has 2 radical (unpaired) electrons. The van der Waals surface area contributed by atoms with Crippen LogP contribution in [0.3, 0.4) is 0 Å². The Hall–Kier alpha value is -0.725. The molecule has 0 saturated carbocycles. The van der Waals surface area contributed by atoms with E-state index in [4.69, 9.17) is 12.4 Å². The normalized spacial score (nSPS) is 9.62. The van der Waals surface area contributed by atoms with E-state index in [1.165, 1.54) is 0 Å². The fourth-order valence-electron chi connectivity index (χ4n) is 0.514. The zero-order valence-corrected chi connectivity index (χ0v) is 4.72. The van der Waals surface area contributed by atoms with Crippen molar-refractivity contribution in [2.45, 2.75) is 13.2 Å². The van der Waals surface area contributed by atoms with Gasteiger partial charge in [0.05, 0.1) is 13.5 Å². The number of aryl methyl sites for hydroxylation is 1. The van der Waals surface area contributed by atoms with Gasteiger partial charge in [0.25, 0.3) is 0 Å². The van der Waals surface area contributed by atoms with Crippen LogP contribution in [0.1, 0.15) is 11.5 Å². The predicted octanol–water partition coefficient (Wildman–Crippen LogP) is 0.652. The van der Waals surface area contributed by atoms with Gasteiger partial charge in [0.1, 0.15) is 5.76 Å². The lowest BCUT2D eigenvalue weighted by atomic mass is 10.0. The van der Waals surface area contributed by atoms with Gasteiger partial charge in [-0.05, 0) is 13.2 Å². The van der Waals surface area contributed by atoms with E-state index in [0.717, 1.165) is 11.5 Å². The molecule has 8 heavy (non-hydrogen) atoms. The molecule has 0 spiro atoms. The molecule has 0 aromatic carbocycles. The first-order chi connectivity index (χ1) is 3.83. The van der Waals surface area contributed by atoms with Gasteiger partial charge in [-0.3, -0.25) is 0 Å². The molecule has 0 unspecified atom stereocenters. The minimum Gasteiger partial charge on any atom is -0.361 e. The molecule has 0 aliphatic carbocycles. The fraction of sp³-hybridized carbons (Fsp3) is 0.400. The van der Waals surface area contributed by atoms with Gasteiger partial charge in [0, 0.05) is 6.07 Å². The van der Waals surface area contributed by atoms with Crippen LogP contribution in [-0.4, -0.2) is 13.0 Å². The Morgan fingerprint density at radius 1 is 1.88 bits per heavy atom. The van der Waals surface area contributed by atoms with E-state index in [1.807, 2.05) is 13.0 Å². The van der Waals surface area contributed by atoms with Crippen LogP contribution in [0.15, 0.2) is 10.6 Å². The van der Waals surface area contributed by atoms with E-state index in [9.17, 15) is 0 Å². The Kier molecular flexibility index (Phi) is 1.37. The molecule has 0 aliphatic rings. The van der Waals surface area contributed by atoms with E-state index < -0.39 is 0 Å². The van der Waals surface area contributed by atoms with Crippen molar-refractivity contribution >= 4 is 7.85 Å². The molecule has 3 heteroatoms. The number of nitrogens with zero attached hydrogens (tertiary/aromatic N) is 1. The second-order valence-electron chi connectivity index (χ2n) is 1.63. The Balaban J connectivity index is 2.84. The fourth-order valence-corrected chi connectivity index (χ4v) is 0.514. The van der Waals surface area contributed by atoms with Gasteiger partial charge < -0.3 is 4.52 Å². The molecular formula is C5H6BNO. The topological polar surface area (TPSA) is 26.0 Å². The SMILES string of the molecule is [B]Cc1cc(C)on1. The van der Waals surface area contributed by atoms with E-state index in [1.54, 1.807) is 0 Å². The van der Waals surface area contributed by atoms with Crippen LogP contribution in [0.2, 0.25) is 0 Å². The van der Waals surface area contributed by atoms with Crippen molar-refractivity contribution in [3.05, 3.63) is 17.5 Å². The van der Waals surface area contributed by atoms with Gasteiger partial charge in [-0.25, -0.2) is 0 Å². The first-order valence-corrected chi connectivity index (χ1v) is 2.45. The summed E-state index contributed by atoms with van der Waals surface area (Å²) in [5.41, 5.74) is 0.808. The standard InChI is InChI=1S/C5H6BNO/c1-4-2-5(3-6)7-8-4/h2H,3H2,1H3. The van der Waals surface area contributed by atoms with Gasteiger partial charge in [-0.15, -0.1) is 0 Å². The van der Waals surface area contributed by atoms with E-state index in [2.05, 4.69) is 5.16 Å². The maximum Gasteiger partial charge on any atom is 0.133 e. The highest BCUT2D eigenvalue weighted by Crippen LogP contribution is 1.99. The van der Waals surface area contributed by atoms with Crippen LogP contribution in [-0.2, 0) is 6.32 Å². The summed E-state index contributed by atoms with van der Waals surface area (Å²) in [7, 11) is 5.24. The molecule has 0 N–H and O–H groups in total. The smallest absolute Gasteiger partial charge is 0.133 e. The summed E-state index contributed by atoms with van der Waals surface area (Å²) in [6.07, 6.45) is 0.456. The summed E-state index contributed by atoms with van der Waals surface area (Å²) in [5.74, 6) is 0.811. The summed E-state index contributed by atoms with van der Waals surface area (Å²) in [5, 5.41) is 3.63. The van der Waals surface area contributed by atoms with Gasteiger partial charge in [0.2, 0.25) is 0 Å². The van der Waals surface area contributed by atoms with Crippen LogP contribution in [0.5, 0.6) is 0 Å². The minimum atomic E-state index is 0.456. The third kappa shape index (κ3) is 0.913. The Morgan fingerprint density at radius 3 is 2.88 bits per heavy atom. The number of hydrogen-bond acceptors (Lipinski definition) is 2. The third-order valence-corrected chi connectivity index (χ3v) is 0.886. The van der Waals surface area contributed by atoms with Crippen molar-refractivity contribution in [1.29, 1.82) is 0 Å². The molecule has 0 fully saturated rings. The van der Waals surface area contributed by atoms with Crippen molar-refractivity contribution in [1.82, 2.24) is 5.16 Å². The summed E-state index contributed by atoms with van der Waals surface area (Å²) < 4.78 is 4.73. The Bertz CT molecular complexity index is 173. The van der Waals surface area contributed by atoms with E-state index >= 15 is 0 Å². The maximum atomic E-state index is 5.24. The average molecular weight is 107 g/mol. The summed E-state index contributed by atoms with van der Waals surface area (Å²) in [4.78, 5) is 0. The van der Waals surface area contributed by atoms with Crippen LogP contribution < -0.4 is 0 Å². The van der Waals surface area contributed by atoms with E-state index in [0.29, 0.717) is 6.32 Å². The second-order valence-corrected chi connectivity index (χ2v) is 1.63. The maximum absolute atomic E-state index is 5.24. The third-order valence-electron chi connectivity index (χ3n) is 0.886. The lowest BCUT2D eigenvalue weighted by molar-refractivity contribution is 0.392. The van der Waals surface area contributed by atoms with Crippen LogP contribution in [0.25, 0.3) is 0 Å². The molecule has 0 saturated heterocycles. The van der Waals surface area contributed by atoms with Gasteiger partial charge in [0.15, 0.2) is 0 Å². The summed E-state index contributed by atoms with van der Waals surface area (Å²) in [6, 6.07) is 1.82. The summed E-state index contributed by atoms with van der Waals surface area (Å²) >= 11 is 0. The largest absolute Gasteiger partial charge is 0.361 e. The minimum absolute atomic E-state index is 0.456. The number of aromatic nitrogens is 1. The molecule has 0 atom stereocenters. The lowest BCUT2D eigenvalue weighted by Gasteiger charge is -1.75. The molecule has 1 rings (SSSR count). The van der Waals surface area contributed by atoms with Crippen molar-refractivity contribution < 1.29 is 4.52 Å². The second kappa shape index (κ2) is 2.03. The molecular weight excluding hydrogens is 101 g/mol. The highest BCUT2D eigenvalue weighted by Gasteiger charge is 1.93. The zero-order chi connectivity index (χ0) is 5.98. The average Bonchev–Trinajstić information content (AvgIpc) is 2.14.